The molecule has 1 fully saturated rings. The fourth-order valence-electron chi connectivity index (χ4n) is 2.61. The monoisotopic (exact) mass is 408 g/mol. The second kappa shape index (κ2) is 8.57. The van der Waals surface area contributed by atoms with Gasteiger partial charge in [0.05, 0.1) is 21.7 Å². The van der Waals surface area contributed by atoms with Crippen molar-refractivity contribution in [3.8, 4) is 0 Å². The van der Waals surface area contributed by atoms with Crippen LogP contribution in [0.1, 0.15) is 26.3 Å². The summed E-state index contributed by atoms with van der Waals surface area (Å²) in [6.07, 6.45) is 3.20. The topological polar surface area (TPSA) is 107 Å². The summed E-state index contributed by atoms with van der Waals surface area (Å²) >= 11 is 1.12. The highest BCUT2D eigenvalue weighted by Gasteiger charge is 2.32. The molecule has 8 heteroatoms. The highest BCUT2D eigenvalue weighted by Crippen LogP contribution is 2.34. The Hall–Kier alpha value is -3.65. The number of carboxylic acids is 2. The van der Waals surface area contributed by atoms with Crippen LogP contribution in [-0.2, 0) is 4.79 Å². The quantitative estimate of drug-likeness (QED) is 0.555. The van der Waals surface area contributed by atoms with E-state index in [1.54, 1.807) is 42.5 Å². The summed E-state index contributed by atoms with van der Waals surface area (Å²) in [4.78, 5) is 41.4. The van der Waals surface area contributed by atoms with E-state index < -0.39 is 11.9 Å². The first-order valence-corrected chi connectivity index (χ1v) is 9.29. The molecule has 2 N–H and O–H groups in total. The van der Waals surface area contributed by atoms with Crippen LogP contribution in [-0.4, -0.2) is 44.7 Å². The molecule has 2 aromatic rings. The Morgan fingerprint density at radius 1 is 1.07 bits per heavy atom. The van der Waals surface area contributed by atoms with Gasteiger partial charge in [-0.25, -0.2) is 14.6 Å². The molecule has 0 bridgehead atoms. The summed E-state index contributed by atoms with van der Waals surface area (Å²) in [5.41, 5.74) is 1.10. The highest BCUT2D eigenvalue weighted by molar-refractivity contribution is 8.18. The number of amidine groups is 1. The molecular formula is C21H16N2O5S. The molecule has 0 spiro atoms. The van der Waals surface area contributed by atoms with Gasteiger partial charge in [0, 0.05) is 6.54 Å². The number of para-hydroxylation sites is 1. The standard InChI is InChI=1S/C21H16N2O5S/c1-2-11-23-18(24)17(12-13-7-9-14(10-8-13)19(25)26)29-21(23)22-16-6-4-3-5-15(16)20(27)28/h2-10,12H,1,11H2,(H,25,26)(H,27,28)/b17-12-,22-21?. The van der Waals surface area contributed by atoms with Crippen LogP contribution >= 0.6 is 11.8 Å². The van der Waals surface area contributed by atoms with Gasteiger partial charge in [-0.15, -0.1) is 6.58 Å². The first kappa shape index (κ1) is 20.1. The molecule has 0 radical (unpaired) electrons. The van der Waals surface area contributed by atoms with Crippen molar-refractivity contribution in [2.45, 2.75) is 0 Å². The van der Waals surface area contributed by atoms with Crippen molar-refractivity contribution in [2.24, 2.45) is 4.99 Å². The van der Waals surface area contributed by atoms with Crippen LogP contribution in [0.2, 0.25) is 0 Å². The van der Waals surface area contributed by atoms with E-state index in [0.29, 0.717) is 15.6 Å². The lowest BCUT2D eigenvalue weighted by Crippen LogP contribution is -2.29. The summed E-state index contributed by atoms with van der Waals surface area (Å²) in [6, 6.07) is 12.4. The van der Waals surface area contributed by atoms with Crippen molar-refractivity contribution in [1.82, 2.24) is 4.90 Å². The van der Waals surface area contributed by atoms with Gasteiger partial charge in [0.1, 0.15) is 0 Å². The molecule has 0 unspecified atom stereocenters. The summed E-state index contributed by atoms with van der Waals surface area (Å²) in [5, 5.41) is 18.7. The minimum Gasteiger partial charge on any atom is -0.478 e. The van der Waals surface area contributed by atoms with Crippen molar-refractivity contribution in [3.63, 3.8) is 0 Å². The van der Waals surface area contributed by atoms with Gasteiger partial charge < -0.3 is 10.2 Å². The number of carbonyl (C=O) groups excluding carboxylic acids is 1. The molecule has 2 aromatic carbocycles. The lowest BCUT2D eigenvalue weighted by Gasteiger charge is -2.13. The fourth-order valence-corrected chi connectivity index (χ4v) is 3.61. The number of hydrogen-bond acceptors (Lipinski definition) is 5. The first-order chi connectivity index (χ1) is 13.9. The fraction of sp³-hybridized carbons (Fsp3) is 0.0476. The predicted octanol–water partition coefficient (Wildman–Crippen LogP) is 3.87. The number of carbonyl (C=O) groups is 3. The number of thioether (sulfide) groups is 1. The summed E-state index contributed by atoms with van der Waals surface area (Å²) < 4.78 is 0. The molecule has 3 rings (SSSR count). The Balaban J connectivity index is 1.97. The van der Waals surface area contributed by atoms with Crippen molar-refractivity contribution in [1.29, 1.82) is 0 Å². The smallest absolute Gasteiger partial charge is 0.337 e. The van der Waals surface area contributed by atoms with Crippen LogP contribution < -0.4 is 0 Å². The molecule has 1 saturated heterocycles. The minimum atomic E-state index is -1.11. The van der Waals surface area contributed by atoms with Gasteiger partial charge >= 0.3 is 11.9 Å². The van der Waals surface area contributed by atoms with Gasteiger partial charge in [-0.3, -0.25) is 9.69 Å². The summed E-state index contributed by atoms with van der Waals surface area (Å²) in [7, 11) is 0. The zero-order valence-corrected chi connectivity index (χ0v) is 15.9. The van der Waals surface area contributed by atoms with E-state index in [9.17, 15) is 19.5 Å². The Bertz CT molecular complexity index is 1060. The van der Waals surface area contributed by atoms with Gasteiger partial charge in [-0.1, -0.05) is 30.3 Å². The Morgan fingerprint density at radius 3 is 2.38 bits per heavy atom. The van der Waals surface area contributed by atoms with E-state index in [1.165, 1.54) is 23.1 Å². The second-order valence-electron chi connectivity index (χ2n) is 5.96. The summed E-state index contributed by atoms with van der Waals surface area (Å²) in [6.45, 7) is 3.87. The number of amides is 1. The normalized spacial score (nSPS) is 16.4. The lowest BCUT2D eigenvalue weighted by molar-refractivity contribution is -0.121. The van der Waals surface area contributed by atoms with Crippen LogP contribution in [0.3, 0.4) is 0 Å². The van der Waals surface area contributed by atoms with Crippen molar-refractivity contribution < 1.29 is 24.6 Å². The van der Waals surface area contributed by atoms with E-state index in [0.717, 1.165) is 11.8 Å². The van der Waals surface area contributed by atoms with E-state index in [4.69, 9.17) is 5.11 Å². The number of nitrogens with zero attached hydrogens (tertiary/aromatic N) is 2. The van der Waals surface area contributed by atoms with E-state index in [-0.39, 0.29) is 29.3 Å². The SMILES string of the molecule is C=CCN1C(=O)/C(=C/c2ccc(C(=O)O)cc2)SC1=Nc1ccccc1C(=O)O. The van der Waals surface area contributed by atoms with Gasteiger partial charge in [-0.05, 0) is 47.7 Å². The lowest BCUT2D eigenvalue weighted by atomic mass is 10.1. The van der Waals surface area contributed by atoms with E-state index >= 15 is 0 Å². The largest absolute Gasteiger partial charge is 0.478 e. The number of carboxylic acid groups (broad SMARTS) is 2. The molecular weight excluding hydrogens is 392 g/mol. The molecule has 0 atom stereocenters. The van der Waals surface area contributed by atoms with E-state index in [1.807, 2.05) is 0 Å². The zero-order valence-electron chi connectivity index (χ0n) is 15.1. The molecule has 0 saturated carbocycles. The molecule has 29 heavy (non-hydrogen) atoms. The molecule has 0 aromatic heterocycles. The Morgan fingerprint density at radius 2 is 1.76 bits per heavy atom. The third-order valence-electron chi connectivity index (χ3n) is 4.01. The van der Waals surface area contributed by atoms with Crippen LogP contribution in [0.4, 0.5) is 5.69 Å². The van der Waals surface area contributed by atoms with Crippen LogP contribution in [0.5, 0.6) is 0 Å². The molecule has 0 aliphatic carbocycles. The Kier molecular flexibility index (Phi) is 5.94. The number of hydrogen-bond donors (Lipinski definition) is 2. The predicted molar refractivity (Wildman–Crippen MR) is 111 cm³/mol. The third kappa shape index (κ3) is 4.44. The molecule has 146 valence electrons. The average Bonchev–Trinajstić information content (AvgIpc) is 2.98. The molecule has 7 nitrogen and oxygen atoms in total. The van der Waals surface area contributed by atoms with Gasteiger partial charge in [0.2, 0.25) is 0 Å². The second-order valence-corrected chi connectivity index (χ2v) is 6.97. The number of rotatable bonds is 6. The number of benzene rings is 2. The number of aliphatic imine (C=N–C) groups is 1. The molecule has 1 amide bonds. The highest BCUT2D eigenvalue weighted by atomic mass is 32.2. The molecule has 1 aliphatic rings. The first-order valence-electron chi connectivity index (χ1n) is 8.47. The summed E-state index contributed by atoms with van der Waals surface area (Å²) in [5.74, 6) is -2.42. The molecule has 1 aliphatic heterocycles. The van der Waals surface area contributed by atoms with Gasteiger partial charge in [-0.2, -0.15) is 0 Å². The van der Waals surface area contributed by atoms with Crippen LogP contribution in [0, 0.1) is 0 Å². The van der Waals surface area contributed by atoms with Crippen LogP contribution in [0.15, 0.2) is 71.1 Å². The average molecular weight is 408 g/mol. The van der Waals surface area contributed by atoms with Crippen molar-refractivity contribution in [2.75, 3.05) is 6.54 Å². The van der Waals surface area contributed by atoms with Gasteiger partial charge in [0.25, 0.3) is 5.91 Å². The van der Waals surface area contributed by atoms with Crippen molar-refractivity contribution >= 4 is 46.5 Å². The third-order valence-corrected chi connectivity index (χ3v) is 5.01. The molecule has 1 heterocycles. The maximum absolute atomic E-state index is 12.8. The van der Waals surface area contributed by atoms with E-state index in [2.05, 4.69) is 11.6 Å². The maximum Gasteiger partial charge on any atom is 0.337 e. The minimum absolute atomic E-state index is 0.0355. The number of aromatic carboxylic acids is 2. The van der Waals surface area contributed by atoms with Gasteiger partial charge in [0.15, 0.2) is 5.17 Å². The zero-order chi connectivity index (χ0) is 21.0. The Labute approximate surface area is 170 Å². The van der Waals surface area contributed by atoms with Crippen LogP contribution in [0.25, 0.3) is 6.08 Å². The van der Waals surface area contributed by atoms with Crippen molar-refractivity contribution in [3.05, 3.63) is 82.8 Å². The maximum atomic E-state index is 12.8.